The van der Waals surface area contributed by atoms with Crippen LogP contribution in [-0.4, -0.2) is 15.1 Å². The van der Waals surface area contributed by atoms with E-state index in [2.05, 4.69) is 9.98 Å². The summed E-state index contributed by atoms with van der Waals surface area (Å²) in [7, 11) is 0. The van der Waals surface area contributed by atoms with Crippen molar-refractivity contribution in [2.75, 3.05) is 0 Å². The largest absolute Gasteiger partial charge is 0.281 e. The summed E-state index contributed by atoms with van der Waals surface area (Å²) in [5.74, 6) is -0.882. The summed E-state index contributed by atoms with van der Waals surface area (Å²) in [6.07, 6.45) is 1.23. The molecule has 0 radical (unpaired) electrons. The molecule has 0 aliphatic carbocycles. The quantitative estimate of drug-likeness (QED) is 0.348. The van der Waals surface area contributed by atoms with E-state index in [0.29, 0.717) is 0 Å². The molecule has 0 unspecified atom stereocenters. The van der Waals surface area contributed by atoms with E-state index in [0.717, 1.165) is 0 Å². The van der Waals surface area contributed by atoms with E-state index >= 15 is 0 Å². The summed E-state index contributed by atoms with van der Waals surface area (Å²) in [6.45, 7) is 0. The molecule has 0 aliphatic rings. The van der Waals surface area contributed by atoms with Gasteiger partial charge in [0.2, 0.25) is 0 Å². The number of benzene rings is 1. The maximum atomic E-state index is 13.7. The molecular formula is C12H5Cl3FN3O2. The number of nitro benzene ring substituents is 1. The lowest BCUT2D eigenvalue weighted by Crippen LogP contribution is -2.00. The number of rotatable bonds is 3. The molecule has 0 atom stereocenters. The smallest absolute Gasteiger partial charge is 0.258 e. The standard InChI is InChI=1S/C12H5Cl3FN3O2/c13-6-2-1-3-8(19(20)21)9(6)11(14)18-7-4-5-17-12(15)10(7)16/h1-5H/b18-11-. The van der Waals surface area contributed by atoms with Crippen molar-refractivity contribution in [3.8, 4) is 0 Å². The molecule has 2 aromatic rings. The zero-order valence-electron chi connectivity index (χ0n) is 10.1. The Balaban J connectivity index is 2.59. The fourth-order valence-electron chi connectivity index (χ4n) is 1.53. The van der Waals surface area contributed by atoms with Gasteiger partial charge in [0.25, 0.3) is 5.69 Å². The highest BCUT2D eigenvalue weighted by Gasteiger charge is 2.21. The summed E-state index contributed by atoms with van der Waals surface area (Å²) in [5, 5.41) is 10.3. The van der Waals surface area contributed by atoms with Gasteiger partial charge in [-0.1, -0.05) is 40.9 Å². The van der Waals surface area contributed by atoms with Crippen LogP contribution in [0.4, 0.5) is 15.8 Å². The molecule has 0 aliphatic heterocycles. The molecule has 21 heavy (non-hydrogen) atoms. The van der Waals surface area contributed by atoms with Gasteiger partial charge in [0.1, 0.15) is 16.4 Å². The first kappa shape index (κ1) is 15.6. The molecule has 0 fully saturated rings. The van der Waals surface area contributed by atoms with Gasteiger partial charge >= 0.3 is 0 Å². The summed E-state index contributed by atoms with van der Waals surface area (Å²) < 4.78 is 13.7. The Morgan fingerprint density at radius 2 is 2.05 bits per heavy atom. The molecule has 0 N–H and O–H groups in total. The highest BCUT2D eigenvalue weighted by molar-refractivity contribution is 6.71. The Kier molecular flexibility index (Phi) is 4.72. The number of halogens is 4. The van der Waals surface area contributed by atoms with Crippen molar-refractivity contribution in [1.82, 2.24) is 4.98 Å². The van der Waals surface area contributed by atoms with Crippen LogP contribution < -0.4 is 0 Å². The lowest BCUT2D eigenvalue weighted by Gasteiger charge is -2.04. The van der Waals surface area contributed by atoms with Crippen LogP contribution in [0.1, 0.15) is 5.56 Å². The highest BCUT2D eigenvalue weighted by Crippen LogP contribution is 2.31. The zero-order valence-corrected chi connectivity index (χ0v) is 12.3. The lowest BCUT2D eigenvalue weighted by molar-refractivity contribution is -0.385. The van der Waals surface area contributed by atoms with Gasteiger partial charge in [0.15, 0.2) is 11.0 Å². The topological polar surface area (TPSA) is 68.4 Å². The Hall–Kier alpha value is -1.76. The third-order valence-corrected chi connectivity index (χ3v) is 3.29. The van der Waals surface area contributed by atoms with Crippen molar-refractivity contribution in [1.29, 1.82) is 0 Å². The van der Waals surface area contributed by atoms with Crippen molar-refractivity contribution >= 4 is 51.3 Å². The zero-order chi connectivity index (χ0) is 15.6. The van der Waals surface area contributed by atoms with Gasteiger partial charge < -0.3 is 0 Å². The lowest BCUT2D eigenvalue weighted by atomic mass is 10.2. The first-order valence-corrected chi connectivity index (χ1v) is 6.52. The van der Waals surface area contributed by atoms with Crippen molar-refractivity contribution in [3.05, 3.63) is 62.1 Å². The second-order valence-electron chi connectivity index (χ2n) is 3.73. The van der Waals surface area contributed by atoms with E-state index < -0.39 is 10.7 Å². The first-order valence-electron chi connectivity index (χ1n) is 5.39. The Morgan fingerprint density at radius 3 is 2.71 bits per heavy atom. The Bertz CT molecular complexity index is 753. The average molecular weight is 349 g/mol. The summed E-state index contributed by atoms with van der Waals surface area (Å²) in [5.41, 5.74) is -0.635. The molecule has 1 aromatic carbocycles. The van der Waals surface area contributed by atoms with E-state index in [4.69, 9.17) is 34.8 Å². The predicted octanol–water partition coefficient (Wildman–Crippen LogP) is 4.75. The summed E-state index contributed by atoms with van der Waals surface area (Å²) in [4.78, 5) is 17.6. The van der Waals surface area contributed by atoms with Gasteiger partial charge in [-0.2, -0.15) is 0 Å². The van der Waals surface area contributed by atoms with Gasteiger partial charge in [0, 0.05) is 12.3 Å². The van der Waals surface area contributed by atoms with E-state index in [1.807, 2.05) is 0 Å². The summed E-state index contributed by atoms with van der Waals surface area (Å²) in [6, 6.07) is 5.26. The number of hydrogen-bond acceptors (Lipinski definition) is 4. The van der Waals surface area contributed by atoms with Gasteiger partial charge in [-0.05, 0) is 12.1 Å². The molecule has 0 saturated heterocycles. The maximum Gasteiger partial charge on any atom is 0.281 e. The number of aromatic nitrogens is 1. The molecule has 0 amide bonds. The molecule has 1 aromatic heterocycles. The molecule has 5 nitrogen and oxygen atoms in total. The monoisotopic (exact) mass is 347 g/mol. The van der Waals surface area contributed by atoms with Crippen LogP contribution in [0.2, 0.25) is 10.2 Å². The van der Waals surface area contributed by atoms with Gasteiger partial charge in [-0.3, -0.25) is 10.1 Å². The molecule has 1 heterocycles. The third-order valence-electron chi connectivity index (χ3n) is 2.44. The molecule has 0 spiro atoms. The minimum atomic E-state index is -0.882. The van der Waals surface area contributed by atoms with Gasteiger partial charge in [0.05, 0.1) is 9.95 Å². The second-order valence-corrected chi connectivity index (χ2v) is 4.85. The fraction of sp³-hybridized carbons (Fsp3) is 0. The summed E-state index contributed by atoms with van der Waals surface area (Å²) >= 11 is 17.4. The van der Waals surface area contributed by atoms with Crippen LogP contribution in [0.25, 0.3) is 0 Å². The van der Waals surface area contributed by atoms with Crippen LogP contribution in [0, 0.1) is 15.9 Å². The predicted molar refractivity (Wildman–Crippen MR) is 79.4 cm³/mol. The SMILES string of the molecule is O=[N+]([O-])c1cccc(Cl)c1/C(Cl)=N/c1ccnc(Cl)c1F. The van der Waals surface area contributed by atoms with Crippen LogP contribution in [0.5, 0.6) is 0 Å². The molecule has 0 saturated carbocycles. The minimum absolute atomic E-state index is 0.0264. The maximum absolute atomic E-state index is 13.7. The molecule has 108 valence electrons. The van der Waals surface area contributed by atoms with Crippen LogP contribution >= 0.6 is 34.8 Å². The number of hydrogen-bond donors (Lipinski definition) is 0. The fourth-order valence-corrected chi connectivity index (χ4v) is 2.28. The van der Waals surface area contributed by atoms with Crippen LogP contribution in [0.3, 0.4) is 0 Å². The van der Waals surface area contributed by atoms with Crippen LogP contribution in [0.15, 0.2) is 35.5 Å². The van der Waals surface area contributed by atoms with Gasteiger partial charge in [-0.25, -0.2) is 14.4 Å². The number of nitro groups is 1. The average Bonchev–Trinajstić information content (AvgIpc) is 2.43. The van der Waals surface area contributed by atoms with E-state index in [1.165, 1.54) is 30.5 Å². The normalized spacial score (nSPS) is 11.5. The van der Waals surface area contributed by atoms with Crippen molar-refractivity contribution in [3.63, 3.8) is 0 Å². The van der Waals surface area contributed by atoms with Crippen LogP contribution in [-0.2, 0) is 0 Å². The number of aliphatic imine (C=N–C) groups is 1. The Morgan fingerprint density at radius 1 is 1.33 bits per heavy atom. The molecule has 2 rings (SSSR count). The minimum Gasteiger partial charge on any atom is -0.258 e. The second kappa shape index (κ2) is 6.34. The van der Waals surface area contributed by atoms with Crippen molar-refractivity contribution < 1.29 is 9.31 Å². The van der Waals surface area contributed by atoms with E-state index in [9.17, 15) is 14.5 Å². The Labute approximate surface area is 133 Å². The molecule has 0 bridgehead atoms. The van der Waals surface area contributed by atoms with Gasteiger partial charge in [-0.15, -0.1) is 0 Å². The first-order chi connectivity index (χ1) is 9.91. The van der Waals surface area contributed by atoms with Crippen molar-refractivity contribution in [2.45, 2.75) is 0 Å². The van der Waals surface area contributed by atoms with E-state index in [1.54, 1.807) is 0 Å². The number of pyridine rings is 1. The van der Waals surface area contributed by atoms with E-state index in [-0.39, 0.29) is 32.3 Å². The third kappa shape index (κ3) is 3.29. The molecular weight excluding hydrogens is 344 g/mol. The number of nitrogens with zero attached hydrogens (tertiary/aromatic N) is 3. The highest BCUT2D eigenvalue weighted by atomic mass is 35.5. The molecule has 9 heteroatoms. The van der Waals surface area contributed by atoms with Crippen molar-refractivity contribution in [2.24, 2.45) is 4.99 Å².